The molecule has 1 aliphatic rings. The van der Waals surface area contributed by atoms with Gasteiger partial charge in [-0.3, -0.25) is 5.43 Å². The van der Waals surface area contributed by atoms with Crippen LogP contribution in [0.1, 0.15) is 6.42 Å². The number of hydrogen-bond donors (Lipinski definition) is 3. The van der Waals surface area contributed by atoms with Crippen molar-refractivity contribution < 1.29 is 4.39 Å². The number of hydrazine groups is 1. The van der Waals surface area contributed by atoms with Crippen molar-refractivity contribution in [2.45, 2.75) is 6.42 Å². The molecule has 0 saturated carbocycles. The van der Waals surface area contributed by atoms with Crippen molar-refractivity contribution in [2.75, 3.05) is 37.4 Å². The number of nitrogens with zero attached hydrogens (tertiary/aromatic N) is 3. The monoisotopic (exact) mass is 240 g/mol. The number of nitrogens with two attached hydrogens (primary N) is 1. The molecule has 0 amide bonds. The van der Waals surface area contributed by atoms with E-state index >= 15 is 0 Å². The van der Waals surface area contributed by atoms with E-state index in [0.29, 0.717) is 12.5 Å². The summed E-state index contributed by atoms with van der Waals surface area (Å²) < 4.78 is 13.4. The first-order chi connectivity index (χ1) is 8.19. The fourth-order valence-corrected chi connectivity index (χ4v) is 1.99. The Kier molecular flexibility index (Phi) is 3.70. The van der Waals surface area contributed by atoms with Crippen LogP contribution in [0.4, 0.5) is 16.2 Å². The van der Waals surface area contributed by atoms with Gasteiger partial charge in [-0.25, -0.2) is 15.2 Å². The molecule has 1 aromatic heterocycles. The maximum absolute atomic E-state index is 13.4. The third-order valence-electron chi connectivity index (χ3n) is 2.92. The quantitative estimate of drug-likeness (QED) is 0.518. The molecule has 0 spiro atoms. The molecule has 2 rings (SSSR count). The summed E-state index contributed by atoms with van der Waals surface area (Å²) in [4.78, 5) is 9.86. The van der Waals surface area contributed by atoms with Crippen molar-refractivity contribution in [2.24, 2.45) is 11.8 Å². The molecule has 1 aromatic rings. The predicted molar refractivity (Wildman–Crippen MR) is 63.9 cm³/mol. The Morgan fingerprint density at radius 3 is 3.12 bits per heavy atom. The lowest BCUT2D eigenvalue weighted by atomic mass is 10.1. The predicted octanol–water partition coefficient (Wildman–Crippen LogP) is 0.265. The van der Waals surface area contributed by atoms with Crippen LogP contribution in [-0.2, 0) is 0 Å². The Morgan fingerprint density at radius 1 is 1.65 bits per heavy atom. The van der Waals surface area contributed by atoms with Gasteiger partial charge >= 0.3 is 0 Å². The average Bonchev–Trinajstić information content (AvgIpc) is 2.74. The molecule has 2 heterocycles. The molecule has 0 bridgehead atoms. The smallest absolute Gasteiger partial charge is 0.239 e. The highest BCUT2D eigenvalue weighted by Gasteiger charge is 2.19. The van der Waals surface area contributed by atoms with Gasteiger partial charge in [0.05, 0.1) is 6.20 Å². The second-order valence-electron chi connectivity index (χ2n) is 4.33. The van der Waals surface area contributed by atoms with Gasteiger partial charge in [0, 0.05) is 13.1 Å². The Bertz CT molecular complexity index is 385. The van der Waals surface area contributed by atoms with Crippen LogP contribution in [0.3, 0.4) is 0 Å². The first kappa shape index (κ1) is 12.0. The van der Waals surface area contributed by atoms with Crippen molar-refractivity contribution in [3.63, 3.8) is 0 Å². The molecular formula is C10H17FN6. The minimum absolute atomic E-state index is 0.197. The molecule has 0 aliphatic carbocycles. The van der Waals surface area contributed by atoms with Crippen molar-refractivity contribution >= 4 is 11.8 Å². The number of rotatable bonds is 4. The molecule has 94 valence electrons. The number of anilines is 2. The Balaban J connectivity index is 1.94. The minimum Gasteiger partial charge on any atom is -0.367 e. The molecule has 0 aromatic carbocycles. The summed E-state index contributed by atoms with van der Waals surface area (Å²) in [6, 6.07) is 0. The van der Waals surface area contributed by atoms with Crippen LogP contribution in [-0.4, -0.2) is 41.5 Å². The number of aromatic nitrogens is 2. The van der Waals surface area contributed by atoms with Gasteiger partial charge in [0.2, 0.25) is 5.95 Å². The van der Waals surface area contributed by atoms with Crippen LogP contribution < -0.4 is 16.6 Å². The Labute approximate surface area is 99.4 Å². The zero-order chi connectivity index (χ0) is 12.3. The highest BCUT2D eigenvalue weighted by atomic mass is 19.1. The van der Waals surface area contributed by atoms with E-state index in [-0.39, 0.29) is 11.8 Å². The van der Waals surface area contributed by atoms with E-state index in [1.54, 1.807) is 0 Å². The van der Waals surface area contributed by atoms with Gasteiger partial charge in [-0.05, 0) is 25.9 Å². The Hall–Kier alpha value is -1.47. The molecular weight excluding hydrogens is 223 g/mol. The third-order valence-corrected chi connectivity index (χ3v) is 2.92. The topological polar surface area (TPSA) is 79.1 Å². The van der Waals surface area contributed by atoms with Crippen LogP contribution in [0, 0.1) is 11.7 Å². The van der Waals surface area contributed by atoms with Crippen molar-refractivity contribution in [1.82, 2.24) is 14.9 Å². The second-order valence-corrected chi connectivity index (χ2v) is 4.33. The van der Waals surface area contributed by atoms with Gasteiger partial charge in [0.15, 0.2) is 11.6 Å². The first-order valence-electron chi connectivity index (χ1n) is 5.60. The molecule has 1 fully saturated rings. The van der Waals surface area contributed by atoms with E-state index in [2.05, 4.69) is 32.7 Å². The van der Waals surface area contributed by atoms with E-state index in [1.807, 2.05) is 0 Å². The Morgan fingerprint density at radius 2 is 2.47 bits per heavy atom. The van der Waals surface area contributed by atoms with Gasteiger partial charge in [-0.2, -0.15) is 4.98 Å². The normalized spacial score (nSPS) is 20.5. The minimum atomic E-state index is -0.463. The van der Waals surface area contributed by atoms with E-state index < -0.39 is 5.82 Å². The number of nitrogen functional groups attached to an aromatic ring is 1. The summed E-state index contributed by atoms with van der Waals surface area (Å²) in [5.74, 6) is 5.64. The van der Waals surface area contributed by atoms with E-state index in [0.717, 1.165) is 25.7 Å². The maximum atomic E-state index is 13.4. The van der Waals surface area contributed by atoms with Gasteiger partial charge in [0.25, 0.3) is 0 Å². The fraction of sp³-hybridized carbons (Fsp3) is 0.600. The lowest BCUT2D eigenvalue weighted by Crippen LogP contribution is -2.20. The van der Waals surface area contributed by atoms with Gasteiger partial charge in [-0.1, -0.05) is 0 Å². The number of likely N-dealkylation sites (tertiary alicyclic amines) is 1. The summed E-state index contributed by atoms with van der Waals surface area (Å²) in [5, 5.41) is 3.00. The van der Waals surface area contributed by atoms with Crippen molar-refractivity contribution in [3.05, 3.63) is 12.0 Å². The van der Waals surface area contributed by atoms with Crippen molar-refractivity contribution in [3.8, 4) is 0 Å². The second kappa shape index (κ2) is 5.24. The highest BCUT2D eigenvalue weighted by Crippen LogP contribution is 2.16. The average molecular weight is 240 g/mol. The van der Waals surface area contributed by atoms with E-state index in [4.69, 9.17) is 5.84 Å². The van der Waals surface area contributed by atoms with E-state index in [9.17, 15) is 4.39 Å². The van der Waals surface area contributed by atoms with Crippen LogP contribution >= 0.6 is 0 Å². The molecule has 1 saturated heterocycles. The number of halogens is 1. The maximum Gasteiger partial charge on any atom is 0.239 e. The van der Waals surface area contributed by atoms with E-state index in [1.165, 1.54) is 0 Å². The van der Waals surface area contributed by atoms with Gasteiger partial charge in [0.1, 0.15) is 0 Å². The summed E-state index contributed by atoms with van der Waals surface area (Å²) in [5.41, 5.74) is 2.29. The zero-order valence-electron chi connectivity index (χ0n) is 9.78. The van der Waals surface area contributed by atoms with Crippen LogP contribution in [0.2, 0.25) is 0 Å². The molecule has 17 heavy (non-hydrogen) atoms. The molecule has 4 N–H and O–H groups in total. The lowest BCUT2D eigenvalue weighted by Gasteiger charge is -2.12. The molecule has 6 nitrogen and oxygen atoms in total. The van der Waals surface area contributed by atoms with Gasteiger partial charge < -0.3 is 10.2 Å². The first-order valence-corrected chi connectivity index (χ1v) is 5.60. The largest absolute Gasteiger partial charge is 0.367 e. The standard InChI is InChI=1S/C10H17FN6/c1-17-3-2-7(6-17)4-13-9-8(11)5-14-10(15-9)16-12/h5,7H,2-4,6,12H2,1H3,(H2,13,14,15,16). The zero-order valence-corrected chi connectivity index (χ0v) is 9.78. The van der Waals surface area contributed by atoms with Crippen molar-refractivity contribution in [1.29, 1.82) is 0 Å². The third kappa shape index (κ3) is 3.01. The summed E-state index contributed by atoms with van der Waals surface area (Å²) in [7, 11) is 2.09. The molecule has 1 aliphatic heterocycles. The number of hydrogen-bond acceptors (Lipinski definition) is 6. The molecule has 1 unspecified atom stereocenters. The lowest BCUT2D eigenvalue weighted by molar-refractivity contribution is 0.399. The number of nitrogens with one attached hydrogen (secondary N) is 2. The highest BCUT2D eigenvalue weighted by molar-refractivity contribution is 5.40. The summed E-state index contributed by atoms with van der Waals surface area (Å²) in [6.07, 6.45) is 2.23. The van der Waals surface area contributed by atoms with Crippen LogP contribution in [0.15, 0.2) is 6.20 Å². The summed E-state index contributed by atoms with van der Waals surface area (Å²) in [6.45, 7) is 2.83. The SMILES string of the molecule is CN1CCC(CNc2nc(NN)ncc2F)C1. The molecule has 1 atom stereocenters. The van der Waals surface area contributed by atoms with Crippen LogP contribution in [0.5, 0.6) is 0 Å². The summed E-state index contributed by atoms with van der Waals surface area (Å²) >= 11 is 0. The van der Waals surface area contributed by atoms with Crippen LogP contribution in [0.25, 0.3) is 0 Å². The fourth-order valence-electron chi connectivity index (χ4n) is 1.99. The molecule has 7 heteroatoms. The molecule has 0 radical (unpaired) electrons. The van der Waals surface area contributed by atoms with Gasteiger partial charge in [-0.15, -0.1) is 0 Å².